The van der Waals surface area contributed by atoms with Crippen LogP contribution in [0.15, 0.2) is 0 Å². The Kier molecular flexibility index (Phi) is 5.22. The average Bonchev–Trinajstić information content (AvgIpc) is 2.75. The van der Waals surface area contributed by atoms with Crippen molar-refractivity contribution in [2.24, 2.45) is 5.92 Å². The molecule has 0 saturated heterocycles. The normalized spacial score (nSPS) is 17.0. The second kappa shape index (κ2) is 6.93. The van der Waals surface area contributed by atoms with Crippen LogP contribution in [0.5, 0.6) is 0 Å². The van der Waals surface area contributed by atoms with E-state index in [9.17, 15) is 9.59 Å². The molecule has 116 valence electrons. The van der Waals surface area contributed by atoms with Crippen molar-refractivity contribution in [1.82, 2.24) is 0 Å². The maximum atomic E-state index is 12.2. The number of hydrogen-bond donors (Lipinski definition) is 1. The zero-order chi connectivity index (χ0) is 15.4. The molecule has 5 nitrogen and oxygen atoms in total. The molecule has 0 bridgehead atoms. The van der Waals surface area contributed by atoms with Gasteiger partial charge in [-0.3, -0.25) is 5.32 Å². The zero-order valence-corrected chi connectivity index (χ0v) is 13.5. The minimum atomic E-state index is -0.533. The molecule has 1 atom stereocenters. The summed E-state index contributed by atoms with van der Waals surface area (Å²) in [6.45, 7) is 6.33. The number of esters is 1. The van der Waals surface area contributed by atoms with Gasteiger partial charge in [0.25, 0.3) is 0 Å². The number of fused-ring (bicyclic) bond motifs is 1. The SMILES string of the molecule is CCOC(=O)Nc1sc2c(c1C(=O)OCC)CCC(C)C2. The molecule has 0 aliphatic heterocycles. The first kappa shape index (κ1) is 15.8. The van der Waals surface area contributed by atoms with E-state index in [1.54, 1.807) is 13.8 Å². The maximum Gasteiger partial charge on any atom is 0.412 e. The Morgan fingerprint density at radius 2 is 2.00 bits per heavy atom. The first-order valence-corrected chi connectivity index (χ1v) is 8.13. The van der Waals surface area contributed by atoms with E-state index < -0.39 is 6.09 Å². The molecule has 1 aromatic heterocycles. The molecule has 0 saturated carbocycles. The second-order valence-electron chi connectivity index (χ2n) is 5.12. The Labute approximate surface area is 128 Å². The first-order valence-electron chi connectivity index (χ1n) is 7.32. The van der Waals surface area contributed by atoms with E-state index in [4.69, 9.17) is 9.47 Å². The van der Waals surface area contributed by atoms with Gasteiger partial charge in [0, 0.05) is 4.88 Å². The van der Waals surface area contributed by atoms with Gasteiger partial charge in [-0.25, -0.2) is 9.59 Å². The summed E-state index contributed by atoms with van der Waals surface area (Å²) in [5.74, 6) is 0.234. The Morgan fingerprint density at radius 1 is 1.29 bits per heavy atom. The van der Waals surface area contributed by atoms with Crippen LogP contribution in [0, 0.1) is 5.92 Å². The van der Waals surface area contributed by atoms with Gasteiger partial charge in [0.2, 0.25) is 0 Å². The smallest absolute Gasteiger partial charge is 0.412 e. The van der Waals surface area contributed by atoms with Crippen LogP contribution in [0.4, 0.5) is 9.80 Å². The van der Waals surface area contributed by atoms with Crippen LogP contribution in [0.25, 0.3) is 0 Å². The number of hydrogen-bond acceptors (Lipinski definition) is 5. The third-order valence-electron chi connectivity index (χ3n) is 3.48. The van der Waals surface area contributed by atoms with Crippen molar-refractivity contribution in [3.8, 4) is 0 Å². The summed E-state index contributed by atoms with van der Waals surface area (Å²) in [6, 6.07) is 0. The highest BCUT2D eigenvalue weighted by molar-refractivity contribution is 7.17. The topological polar surface area (TPSA) is 64.6 Å². The molecule has 6 heteroatoms. The van der Waals surface area contributed by atoms with Crippen molar-refractivity contribution in [2.75, 3.05) is 18.5 Å². The summed E-state index contributed by atoms with van der Waals surface area (Å²) in [7, 11) is 0. The van der Waals surface area contributed by atoms with Gasteiger partial charge in [0.05, 0.1) is 18.8 Å². The molecule has 1 N–H and O–H groups in total. The van der Waals surface area contributed by atoms with Crippen molar-refractivity contribution < 1.29 is 19.1 Å². The molecule has 0 spiro atoms. The Hall–Kier alpha value is -1.56. The van der Waals surface area contributed by atoms with Gasteiger partial charge in [0.1, 0.15) is 5.00 Å². The minimum absolute atomic E-state index is 0.294. The Balaban J connectivity index is 2.33. The fourth-order valence-corrected chi connectivity index (χ4v) is 3.90. The van der Waals surface area contributed by atoms with Crippen LogP contribution in [-0.4, -0.2) is 25.3 Å². The van der Waals surface area contributed by atoms with Crippen molar-refractivity contribution in [3.05, 3.63) is 16.0 Å². The van der Waals surface area contributed by atoms with Crippen molar-refractivity contribution in [3.63, 3.8) is 0 Å². The van der Waals surface area contributed by atoms with E-state index in [1.165, 1.54) is 16.2 Å². The summed E-state index contributed by atoms with van der Waals surface area (Å²) < 4.78 is 10.0. The first-order chi connectivity index (χ1) is 10.1. The minimum Gasteiger partial charge on any atom is -0.462 e. The molecule has 0 aromatic carbocycles. The van der Waals surface area contributed by atoms with E-state index in [2.05, 4.69) is 12.2 Å². The van der Waals surface area contributed by atoms with Crippen molar-refractivity contribution in [2.45, 2.75) is 40.0 Å². The summed E-state index contributed by atoms with van der Waals surface area (Å²) >= 11 is 1.46. The molecule has 1 aromatic rings. The van der Waals surface area contributed by atoms with E-state index in [-0.39, 0.29) is 5.97 Å². The lowest BCUT2D eigenvalue weighted by molar-refractivity contribution is 0.0526. The molecule has 2 rings (SSSR count). The number of amides is 1. The molecule has 1 amide bonds. The van der Waals surface area contributed by atoms with Gasteiger partial charge in [-0.1, -0.05) is 6.92 Å². The highest BCUT2D eigenvalue weighted by Crippen LogP contribution is 2.40. The molecule has 1 aliphatic rings. The molecule has 1 aliphatic carbocycles. The molecular weight excluding hydrogens is 290 g/mol. The molecule has 0 radical (unpaired) electrons. The van der Waals surface area contributed by atoms with Crippen LogP contribution in [0.2, 0.25) is 0 Å². The second-order valence-corrected chi connectivity index (χ2v) is 6.23. The van der Waals surface area contributed by atoms with E-state index in [1.807, 2.05) is 0 Å². The number of thiophene rings is 1. The number of ether oxygens (including phenoxy) is 2. The maximum absolute atomic E-state index is 12.2. The summed E-state index contributed by atoms with van der Waals surface area (Å²) in [5, 5.41) is 3.23. The third-order valence-corrected chi connectivity index (χ3v) is 4.65. The fraction of sp³-hybridized carbons (Fsp3) is 0.600. The molecule has 1 unspecified atom stereocenters. The van der Waals surface area contributed by atoms with Crippen LogP contribution in [0.1, 0.15) is 48.0 Å². The van der Waals surface area contributed by atoms with Crippen LogP contribution < -0.4 is 5.32 Å². The monoisotopic (exact) mass is 311 g/mol. The van der Waals surface area contributed by atoms with E-state index >= 15 is 0 Å². The summed E-state index contributed by atoms with van der Waals surface area (Å²) in [5.41, 5.74) is 1.54. The Bertz CT molecular complexity index is 538. The molecule has 1 heterocycles. The van der Waals surface area contributed by atoms with Crippen molar-refractivity contribution in [1.29, 1.82) is 0 Å². The Morgan fingerprint density at radius 3 is 2.67 bits per heavy atom. The summed E-state index contributed by atoms with van der Waals surface area (Å²) in [4.78, 5) is 25.0. The van der Waals surface area contributed by atoms with Crippen LogP contribution in [-0.2, 0) is 22.3 Å². The lowest BCUT2D eigenvalue weighted by Crippen LogP contribution is -2.17. The van der Waals surface area contributed by atoms with Gasteiger partial charge >= 0.3 is 12.1 Å². The zero-order valence-electron chi connectivity index (χ0n) is 12.7. The largest absolute Gasteiger partial charge is 0.462 e. The van der Waals surface area contributed by atoms with Gasteiger partial charge in [-0.15, -0.1) is 11.3 Å². The predicted molar refractivity (Wildman–Crippen MR) is 82.1 cm³/mol. The fourth-order valence-electron chi connectivity index (χ4n) is 2.52. The standard InChI is InChI=1S/C15H21NO4S/c1-4-19-14(17)12-10-7-6-9(3)8-11(10)21-13(12)16-15(18)20-5-2/h9H,4-8H2,1-3H3,(H,16,18). The highest BCUT2D eigenvalue weighted by Gasteiger charge is 2.29. The number of carbonyl (C=O) groups excluding carboxylic acids is 2. The number of rotatable bonds is 4. The van der Waals surface area contributed by atoms with Crippen LogP contribution in [0.3, 0.4) is 0 Å². The van der Waals surface area contributed by atoms with E-state index in [0.717, 1.165) is 24.8 Å². The average molecular weight is 311 g/mol. The van der Waals surface area contributed by atoms with Gasteiger partial charge < -0.3 is 9.47 Å². The van der Waals surface area contributed by atoms with Crippen molar-refractivity contribution >= 4 is 28.4 Å². The quantitative estimate of drug-likeness (QED) is 0.863. The number of anilines is 1. The number of nitrogens with one attached hydrogen (secondary N) is 1. The molecule has 0 fully saturated rings. The molecule has 21 heavy (non-hydrogen) atoms. The van der Waals surface area contributed by atoms with Crippen LogP contribution >= 0.6 is 11.3 Å². The predicted octanol–water partition coefficient (Wildman–Crippen LogP) is 3.62. The third kappa shape index (κ3) is 3.56. The summed E-state index contributed by atoms with van der Waals surface area (Å²) in [6.07, 6.45) is 2.31. The van der Waals surface area contributed by atoms with Gasteiger partial charge in [0.15, 0.2) is 0 Å². The van der Waals surface area contributed by atoms with E-state index in [0.29, 0.717) is 29.7 Å². The lowest BCUT2D eigenvalue weighted by Gasteiger charge is -2.18. The van der Waals surface area contributed by atoms with Gasteiger partial charge in [-0.05, 0) is 44.6 Å². The lowest BCUT2D eigenvalue weighted by atomic mass is 9.88. The highest BCUT2D eigenvalue weighted by atomic mass is 32.1. The molecular formula is C15H21NO4S. The van der Waals surface area contributed by atoms with Gasteiger partial charge in [-0.2, -0.15) is 0 Å². The number of carbonyl (C=O) groups is 2.